The monoisotopic (exact) mass is 335 g/mol. The van der Waals surface area contributed by atoms with E-state index < -0.39 is 11.2 Å². The number of hydrogen-bond acceptors (Lipinski definition) is 5. The van der Waals surface area contributed by atoms with Crippen molar-refractivity contribution in [3.8, 4) is 0 Å². The lowest BCUT2D eigenvalue weighted by Gasteiger charge is -2.56. The van der Waals surface area contributed by atoms with Crippen LogP contribution >= 0.6 is 11.3 Å². The van der Waals surface area contributed by atoms with E-state index in [1.165, 1.54) is 0 Å². The number of hydrogen-bond donors (Lipinski definition) is 0. The van der Waals surface area contributed by atoms with Gasteiger partial charge in [0.2, 0.25) is 10.1 Å². The van der Waals surface area contributed by atoms with Crippen LogP contribution in [-0.4, -0.2) is 36.0 Å². The zero-order valence-electron chi connectivity index (χ0n) is 12.7. The van der Waals surface area contributed by atoms with Gasteiger partial charge >= 0.3 is 6.18 Å². The summed E-state index contributed by atoms with van der Waals surface area (Å²) in [4.78, 5) is 1.88. The van der Waals surface area contributed by atoms with Crippen LogP contribution in [0.1, 0.15) is 44.0 Å². The lowest BCUT2D eigenvalue weighted by atomic mass is 9.60. The first kappa shape index (κ1) is 16.0. The minimum Gasteiger partial charge on any atom is -0.378 e. The van der Waals surface area contributed by atoms with E-state index in [1.54, 1.807) is 0 Å². The summed E-state index contributed by atoms with van der Waals surface area (Å²) in [6, 6.07) is 0.195. The van der Waals surface area contributed by atoms with E-state index in [2.05, 4.69) is 10.2 Å². The van der Waals surface area contributed by atoms with E-state index in [-0.39, 0.29) is 17.6 Å². The SMILES string of the molecule is CCOC1CC(N(C)c2nnc(C(F)(F)F)s2)C12CCCC2. The molecule has 0 saturated heterocycles. The molecule has 0 aliphatic heterocycles. The molecule has 4 nitrogen and oxygen atoms in total. The van der Waals surface area contributed by atoms with E-state index in [9.17, 15) is 13.2 Å². The molecule has 124 valence electrons. The number of anilines is 1. The van der Waals surface area contributed by atoms with Crippen molar-refractivity contribution in [3.63, 3.8) is 0 Å². The Hall–Kier alpha value is -0.890. The third kappa shape index (κ3) is 2.50. The molecule has 0 aromatic carbocycles. The maximum atomic E-state index is 12.7. The highest BCUT2D eigenvalue weighted by molar-refractivity contribution is 7.15. The van der Waals surface area contributed by atoms with E-state index in [0.717, 1.165) is 32.1 Å². The molecule has 3 rings (SSSR count). The van der Waals surface area contributed by atoms with Gasteiger partial charge in [-0.15, -0.1) is 10.2 Å². The lowest BCUT2D eigenvalue weighted by Crippen LogP contribution is -2.63. The summed E-state index contributed by atoms with van der Waals surface area (Å²) in [6.45, 7) is 2.67. The predicted octanol–water partition coefficient (Wildman–Crippen LogP) is 3.73. The summed E-state index contributed by atoms with van der Waals surface area (Å²) in [5.41, 5.74) is 0.0782. The van der Waals surface area contributed by atoms with E-state index >= 15 is 0 Å². The molecule has 2 saturated carbocycles. The molecule has 0 bridgehead atoms. The molecule has 2 aliphatic carbocycles. The van der Waals surface area contributed by atoms with Gasteiger partial charge in [-0.3, -0.25) is 0 Å². The molecule has 2 fully saturated rings. The van der Waals surface area contributed by atoms with Gasteiger partial charge in [-0.2, -0.15) is 13.2 Å². The maximum absolute atomic E-state index is 12.7. The van der Waals surface area contributed by atoms with Crippen LogP contribution in [0.2, 0.25) is 0 Å². The van der Waals surface area contributed by atoms with Crippen molar-refractivity contribution in [2.75, 3.05) is 18.6 Å². The van der Waals surface area contributed by atoms with Gasteiger partial charge in [0.15, 0.2) is 0 Å². The van der Waals surface area contributed by atoms with Gasteiger partial charge in [0.1, 0.15) is 0 Å². The minimum absolute atomic E-state index is 0.0782. The zero-order chi connectivity index (χ0) is 16.0. The normalized spacial score (nSPS) is 27.1. The van der Waals surface area contributed by atoms with Gasteiger partial charge in [0, 0.05) is 25.1 Å². The fraction of sp³-hybridized carbons (Fsp3) is 0.857. The predicted molar refractivity (Wildman–Crippen MR) is 78.0 cm³/mol. The smallest absolute Gasteiger partial charge is 0.378 e. The summed E-state index contributed by atoms with van der Waals surface area (Å²) < 4.78 is 43.9. The lowest BCUT2D eigenvalue weighted by molar-refractivity contribution is -0.138. The van der Waals surface area contributed by atoms with Crippen molar-refractivity contribution in [3.05, 3.63) is 5.01 Å². The highest BCUT2D eigenvalue weighted by Gasteiger charge is 2.58. The fourth-order valence-corrected chi connectivity index (χ4v) is 4.72. The summed E-state index contributed by atoms with van der Waals surface area (Å²) in [6.07, 6.45) is 1.15. The standard InChI is InChI=1S/C14H20F3N3OS/c1-3-21-10-8-9(13(10)6-4-5-7-13)20(2)12-19-18-11(22-12)14(15,16)17/h9-10H,3-8H2,1-2H3. The van der Waals surface area contributed by atoms with Gasteiger partial charge in [-0.1, -0.05) is 24.2 Å². The van der Waals surface area contributed by atoms with Crippen LogP contribution in [0.15, 0.2) is 0 Å². The Morgan fingerprint density at radius 1 is 1.32 bits per heavy atom. The van der Waals surface area contributed by atoms with Crippen LogP contribution < -0.4 is 4.90 Å². The van der Waals surface area contributed by atoms with Gasteiger partial charge in [-0.05, 0) is 26.2 Å². The largest absolute Gasteiger partial charge is 0.445 e. The van der Waals surface area contributed by atoms with Crippen molar-refractivity contribution in [2.45, 2.75) is 57.3 Å². The Morgan fingerprint density at radius 3 is 2.55 bits per heavy atom. The quantitative estimate of drug-likeness (QED) is 0.840. The Morgan fingerprint density at radius 2 is 2.00 bits per heavy atom. The number of alkyl halides is 3. The zero-order valence-corrected chi connectivity index (χ0v) is 13.5. The second-order valence-corrected chi connectivity index (χ2v) is 7.09. The van der Waals surface area contributed by atoms with Crippen LogP contribution in [0.4, 0.5) is 18.3 Å². The third-order valence-electron chi connectivity index (χ3n) is 5.07. The average Bonchev–Trinajstić information content (AvgIpc) is 3.10. The summed E-state index contributed by atoms with van der Waals surface area (Å²) in [5.74, 6) is 0. The van der Waals surface area contributed by atoms with Gasteiger partial charge in [0.25, 0.3) is 0 Å². The molecular weight excluding hydrogens is 315 g/mol. The molecule has 2 aliphatic rings. The van der Waals surface area contributed by atoms with Crippen molar-refractivity contribution in [2.24, 2.45) is 5.41 Å². The molecule has 0 N–H and O–H groups in total. The first-order valence-corrected chi connectivity index (χ1v) is 8.45. The van der Waals surface area contributed by atoms with Crippen LogP contribution in [0, 0.1) is 5.41 Å². The van der Waals surface area contributed by atoms with Crippen LogP contribution in [0.5, 0.6) is 0 Å². The van der Waals surface area contributed by atoms with Crippen molar-refractivity contribution >= 4 is 16.5 Å². The first-order chi connectivity index (χ1) is 10.4. The highest BCUT2D eigenvalue weighted by atomic mass is 32.1. The van der Waals surface area contributed by atoms with E-state index in [4.69, 9.17) is 4.74 Å². The topological polar surface area (TPSA) is 38.2 Å². The third-order valence-corrected chi connectivity index (χ3v) is 6.13. The molecule has 1 heterocycles. The molecule has 1 aromatic rings. The fourth-order valence-electron chi connectivity index (χ4n) is 4.00. The molecule has 22 heavy (non-hydrogen) atoms. The maximum Gasteiger partial charge on any atom is 0.445 e. The van der Waals surface area contributed by atoms with Crippen molar-refractivity contribution in [1.82, 2.24) is 10.2 Å². The summed E-state index contributed by atoms with van der Waals surface area (Å²) in [5, 5.41) is 6.50. The van der Waals surface area contributed by atoms with Gasteiger partial charge < -0.3 is 9.64 Å². The average molecular weight is 335 g/mol. The molecule has 2 atom stereocenters. The summed E-state index contributed by atoms with van der Waals surface area (Å²) in [7, 11) is 1.83. The first-order valence-electron chi connectivity index (χ1n) is 7.63. The number of halogens is 3. The van der Waals surface area contributed by atoms with Gasteiger partial charge in [0.05, 0.1) is 6.10 Å². The van der Waals surface area contributed by atoms with E-state index in [0.29, 0.717) is 23.1 Å². The van der Waals surface area contributed by atoms with Crippen LogP contribution in [0.3, 0.4) is 0 Å². The molecule has 0 amide bonds. The number of rotatable bonds is 4. The number of ether oxygens (including phenoxy) is 1. The summed E-state index contributed by atoms with van der Waals surface area (Å²) >= 11 is 0.620. The number of nitrogens with zero attached hydrogens (tertiary/aromatic N) is 3. The Labute approximate surface area is 131 Å². The second-order valence-electron chi connectivity index (χ2n) is 6.13. The second kappa shape index (κ2) is 5.63. The number of aromatic nitrogens is 2. The molecule has 1 spiro atoms. The van der Waals surface area contributed by atoms with Gasteiger partial charge in [-0.25, -0.2) is 0 Å². The molecule has 1 aromatic heterocycles. The highest BCUT2D eigenvalue weighted by Crippen LogP contribution is 2.57. The molecule has 0 radical (unpaired) electrons. The Kier molecular flexibility index (Phi) is 4.09. The van der Waals surface area contributed by atoms with Crippen LogP contribution in [0.25, 0.3) is 0 Å². The molecule has 8 heteroatoms. The molecular formula is C14H20F3N3OS. The van der Waals surface area contributed by atoms with Crippen molar-refractivity contribution < 1.29 is 17.9 Å². The molecule has 2 unspecified atom stereocenters. The minimum atomic E-state index is -4.42. The Balaban J connectivity index is 1.77. The van der Waals surface area contributed by atoms with E-state index in [1.807, 2.05) is 18.9 Å². The Bertz CT molecular complexity index is 528. The van der Waals surface area contributed by atoms with Crippen molar-refractivity contribution in [1.29, 1.82) is 0 Å². The van der Waals surface area contributed by atoms with Crippen LogP contribution in [-0.2, 0) is 10.9 Å².